The van der Waals surface area contributed by atoms with Crippen molar-refractivity contribution in [3.05, 3.63) is 11.8 Å². The summed E-state index contributed by atoms with van der Waals surface area (Å²) in [6, 6.07) is 0. The summed E-state index contributed by atoms with van der Waals surface area (Å²) in [7, 11) is 1.87. The fourth-order valence-corrected chi connectivity index (χ4v) is 2.61. The largest absolute Gasteiger partial charge is 0.390 e. The highest BCUT2D eigenvalue weighted by Crippen LogP contribution is 2.22. The highest BCUT2D eigenvalue weighted by atomic mass is 16.3. The zero-order valence-corrected chi connectivity index (χ0v) is 11.5. The van der Waals surface area contributed by atoms with Gasteiger partial charge in [-0.3, -0.25) is 9.69 Å². The SMILES string of the molecule is CN(C(=O)CN1CCC(C)(O)CC1)C1=CCCC1. The van der Waals surface area contributed by atoms with E-state index < -0.39 is 5.60 Å². The third-order valence-corrected chi connectivity index (χ3v) is 4.11. The van der Waals surface area contributed by atoms with E-state index in [0.29, 0.717) is 6.54 Å². The van der Waals surface area contributed by atoms with Crippen molar-refractivity contribution in [2.24, 2.45) is 0 Å². The molecule has 4 heteroatoms. The van der Waals surface area contributed by atoms with Gasteiger partial charge in [-0.25, -0.2) is 0 Å². The molecule has 1 amide bonds. The van der Waals surface area contributed by atoms with E-state index in [2.05, 4.69) is 11.0 Å². The lowest BCUT2D eigenvalue weighted by molar-refractivity contribution is -0.130. The molecule has 18 heavy (non-hydrogen) atoms. The van der Waals surface area contributed by atoms with Gasteiger partial charge in [-0.05, 0) is 39.0 Å². The molecule has 0 spiro atoms. The lowest BCUT2D eigenvalue weighted by Crippen LogP contribution is -2.46. The van der Waals surface area contributed by atoms with Gasteiger partial charge in [-0.15, -0.1) is 0 Å². The Morgan fingerprint density at radius 3 is 2.72 bits per heavy atom. The number of rotatable bonds is 3. The Kier molecular flexibility index (Phi) is 4.07. The minimum atomic E-state index is -0.542. The third kappa shape index (κ3) is 3.33. The summed E-state index contributed by atoms with van der Waals surface area (Å²) in [4.78, 5) is 16.1. The van der Waals surface area contributed by atoms with Gasteiger partial charge in [0.15, 0.2) is 0 Å². The first-order chi connectivity index (χ1) is 8.48. The van der Waals surface area contributed by atoms with Crippen LogP contribution in [0.1, 0.15) is 39.0 Å². The molecule has 102 valence electrons. The molecule has 0 aromatic heterocycles. The van der Waals surface area contributed by atoms with Gasteiger partial charge in [0.2, 0.25) is 5.91 Å². The van der Waals surface area contributed by atoms with E-state index in [9.17, 15) is 9.90 Å². The van der Waals surface area contributed by atoms with Crippen LogP contribution < -0.4 is 0 Å². The fraction of sp³-hybridized carbons (Fsp3) is 0.786. The highest BCUT2D eigenvalue weighted by Gasteiger charge is 2.28. The highest BCUT2D eigenvalue weighted by molar-refractivity contribution is 5.79. The van der Waals surface area contributed by atoms with Crippen molar-refractivity contribution in [1.82, 2.24) is 9.80 Å². The molecule has 1 fully saturated rings. The monoisotopic (exact) mass is 252 g/mol. The number of carbonyl (C=O) groups is 1. The predicted molar refractivity (Wildman–Crippen MR) is 71.0 cm³/mol. The van der Waals surface area contributed by atoms with Crippen LogP contribution in [0.4, 0.5) is 0 Å². The molecule has 0 unspecified atom stereocenters. The number of likely N-dealkylation sites (N-methyl/N-ethyl adjacent to an activating group) is 1. The van der Waals surface area contributed by atoms with Crippen molar-refractivity contribution in [1.29, 1.82) is 0 Å². The molecule has 2 aliphatic rings. The summed E-state index contributed by atoms with van der Waals surface area (Å²) in [5.74, 6) is 0.171. The fourth-order valence-electron chi connectivity index (χ4n) is 2.61. The number of nitrogens with zero attached hydrogens (tertiary/aromatic N) is 2. The number of carbonyl (C=O) groups excluding carboxylic acids is 1. The van der Waals surface area contributed by atoms with Gasteiger partial charge < -0.3 is 10.0 Å². The van der Waals surface area contributed by atoms with Gasteiger partial charge in [0.25, 0.3) is 0 Å². The topological polar surface area (TPSA) is 43.8 Å². The normalized spacial score (nSPS) is 23.8. The van der Waals surface area contributed by atoms with Gasteiger partial charge in [-0.1, -0.05) is 6.08 Å². The molecule has 0 bridgehead atoms. The lowest BCUT2D eigenvalue weighted by atomic mass is 9.94. The molecule has 0 aromatic carbocycles. The summed E-state index contributed by atoms with van der Waals surface area (Å²) >= 11 is 0. The molecule has 0 atom stereocenters. The quantitative estimate of drug-likeness (QED) is 0.825. The van der Waals surface area contributed by atoms with E-state index in [0.717, 1.165) is 38.8 Å². The second-order valence-corrected chi connectivity index (χ2v) is 5.81. The number of piperidine rings is 1. The number of aliphatic hydroxyl groups is 1. The molecule has 4 nitrogen and oxygen atoms in total. The molecule has 0 radical (unpaired) electrons. The Labute approximate surface area is 109 Å². The Hall–Kier alpha value is -0.870. The van der Waals surface area contributed by atoms with Crippen LogP contribution in [0.25, 0.3) is 0 Å². The van der Waals surface area contributed by atoms with Gasteiger partial charge in [0, 0.05) is 25.8 Å². The van der Waals surface area contributed by atoms with Gasteiger partial charge in [0.05, 0.1) is 12.1 Å². The Morgan fingerprint density at radius 2 is 2.17 bits per heavy atom. The summed E-state index contributed by atoms with van der Waals surface area (Å²) in [6.07, 6.45) is 6.97. The third-order valence-electron chi connectivity index (χ3n) is 4.11. The van der Waals surface area contributed by atoms with Gasteiger partial charge >= 0.3 is 0 Å². The molecular formula is C14H24N2O2. The molecule has 2 rings (SSSR count). The predicted octanol–water partition coefficient (Wildman–Crippen LogP) is 1.36. The molecule has 0 aromatic rings. The van der Waals surface area contributed by atoms with Crippen LogP contribution in [-0.4, -0.2) is 53.1 Å². The number of amides is 1. The zero-order valence-electron chi connectivity index (χ0n) is 11.5. The van der Waals surface area contributed by atoms with Crippen molar-refractivity contribution < 1.29 is 9.90 Å². The Balaban J connectivity index is 1.81. The van der Waals surface area contributed by atoms with Crippen molar-refractivity contribution in [3.63, 3.8) is 0 Å². The minimum absolute atomic E-state index is 0.171. The first-order valence-corrected chi connectivity index (χ1v) is 6.88. The molecule has 1 heterocycles. The van der Waals surface area contributed by atoms with Crippen molar-refractivity contribution >= 4 is 5.91 Å². The van der Waals surface area contributed by atoms with Crippen molar-refractivity contribution in [3.8, 4) is 0 Å². The molecule has 1 aliphatic carbocycles. The average molecular weight is 252 g/mol. The second kappa shape index (κ2) is 5.41. The summed E-state index contributed by atoms with van der Waals surface area (Å²) in [5, 5.41) is 9.88. The van der Waals surface area contributed by atoms with E-state index >= 15 is 0 Å². The smallest absolute Gasteiger partial charge is 0.240 e. The van der Waals surface area contributed by atoms with Crippen molar-refractivity contribution in [2.75, 3.05) is 26.7 Å². The van der Waals surface area contributed by atoms with Crippen LogP contribution in [0.3, 0.4) is 0 Å². The summed E-state index contributed by atoms with van der Waals surface area (Å²) < 4.78 is 0. The second-order valence-electron chi connectivity index (χ2n) is 5.81. The van der Waals surface area contributed by atoms with Gasteiger partial charge in [0.1, 0.15) is 0 Å². The van der Waals surface area contributed by atoms with Crippen molar-refractivity contribution in [2.45, 2.75) is 44.6 Å². The number of hydrogen-bond acceptors (Lipinski definition) is 3. The van der Waals surface area contributed by atoms with E-state index in [1.807, 2.05) is 14.0 Å². The lowest BCUT2D eigenvalue weighted by Gasteiger charge is -2.36. The minimum Gasteiger partial charge on any atom is -0.390 e. The molecule has 1 saturated heterocycles. The molecule has 1 aliphatic heterocycles. The van der Waals surface area contributed by atoms with E-state index in [1.54, 1.807) is 4.90 Å². The Bertz CT molecular complexity index is 340. The zero-order chi connectivity index (χ0) is 13.2. The van der Waals surface area contributed by atoms with Crippen LogP contribution in [0.15, 0.2) is 11.8 Å². The van der Waals surface area contributed by atoms with E-state index in [-0.39, 0.29) is 5.91 Å². The maximum atomic E-state index is 12.1. The molecule has 0 saturated carbocycles. The molecule has 1 N–H and O–H groups in total. The van der Waals surface area contributed by atoms with E-state index in [1.165, 1.54) is 12.1 Å². The van der Waals surface area contributed by atoms with Crippen LogP contribution in [0.2, 0.25) is 0 Å². The van der Waals surface area contributed by atoms with Crippen LogP contribution in [-0.2, 0) is 4.79 Å². The first kappa shape index (κ1) is 13.6. The van der Waals surface area contributed by atoms with Gasteiger partial charge in [-0.2, -0.15) is 0 Å². The summed E-state index contributed by atoms with van der Waals surface area (Å²) in [5.41, 5.74) is 0.628. The number of likely N-dealkylation sites (tertiary alicyclic amines) is 1. The average Bonchev–Trinajstić information content (AvgIpc) is 2.84. The van der Waals surface area contributed by atoms with Crippen LogP contribution in [0.5, 0.6) is 0 Å². The van der Waals surface area contributed by atoms with Crippen LogP contribution in [0, 0.1) is 0 Å². The first-order valence-electron chi connectivity index (χ1n) is 6.88. The Morgan fingerprint density at radius 1 is 1.50 bits per heavy atom. The maximum absolute atomic E-state index is 12.1. The number of hydrogen-bond donors (Lipinski definition) is 1. The summed E-state index contributed by atoms with van der Waals surface area (Å²) in [6.45, 7) is 3.98. The number of allylic oxidation sites excluding steroid dienone is 2. The standard InChI is InChI=1S/C14H24N2O2/c1-14(18)7-9-16(10-8-14)11-13(17)15(2)12-5-3-4-6-12/h5,18H,3-4,6-11H2,1-2H3. The maximum Gasteiger partial charge on any atom is 0.240 e. The van der Waals surface area contributed by atoms with Crippen LogP contribution >= 0.6 is 0 Å². The molecular weight excluding hydrogens is 228 g/mol. The van der Waals surface area contributed by atoms with E-state index in [4.69, 9.17) is 0 Å².